The summed E-state index contributed by atoms with van der Waals surface area (Å²) >= 11 is 6.19. The maximum absolute atomic E-state index is 10.7. The average Bonchev–Trinajstić information content (AvgIpc) is 2.81. The van der Waals surface area contributed by atoms with Crippen LogP contribution in [0, 0.1) is 0 Å². The third-order valence-electron chi connectivity index (χ3n) is 3.18. The van der Waals surface area contributed by atoms with Crippen LogP contribution in [0.2, 0.25) is 5.02 Å². The number of aliphatic hydroxyl groups is 1. The van der Waals surface area contributed by atoms with Crippen LogP contribution in [0.5, 0.6) is 0 Å². The number of benzene rings is 1. The Bertz CT molecular complexity index is 581. The van der Waals surface area contributed by atoms with Gasteiger partial charge in [-0.25, -0.2) is 0 Å². The van der Waals surface area contributed by atoms with Gasteiger partial charge >= 0.3 is 0 Å². The Kier molecular flexibility index (Phi) is 4.81. The molecule has 0 spiro atoms. The molecule has 1 aromatic carbocycles. The lowest BCUT2D eigenvalue weighted by molar-refractivity contribution is 0.173. The van der Waals surface area contributed by atoms with E-state index in [9.17, 15) is 5.11 Å². The highest BCUT2D eigenvalue weighted by Gasteiger charge is 2.23. The lowest BCUT2D eigenvalue weighted by Crippen LogP contribution is -2.14. The zero-order valence-electron chi connectivity index (χ0n) is 11.9. The van der Waals surface area contributed by atoms with Crippen LogP contribution >= 0.6 is 11.6 Å². The van der Waals surface area contributed by atoms with Crippen LogP contribution in [0.1, 0.15) is 42.8 Å². The lowest BCUT2D eigenvalue weighted by Gasteiger charge is -2.19. The van der Waals surface area contributed by atoms with E-state index in [-0.39, 0.29) is 6.04 Å². The first kappa shape index (κ1) is 15.0. The van der Waals surface area contributed by atoms with Gasteiger partial charge in [0.1, 0.15) is 6.10 Å². The van der Waals surface area contributed by atoms with Gasteiger partial charge in [-0.1, -0.05) is 35.9 Å². The smallest absolute Gasteiger partial charge is 0.123 e. The van der Waals surface area contributed by atoms with Gasteiger partial charge in [0, 0.05) is 13.2 Å². The van der Waals surface area contributed by atoms with Crippen molar-refractivity contribution < 1.29 is 9.84 Å². The third kappa shape index (κ3) is 2.87. The molecule has 2 aromatic rings. The zero-order chi connectivity index (χ0) is 14.7. The fourth-order valence-electron chi connectivity index (χ4n) is 2.25. The second kappa shape index (κ2) is 6.39. The van der Waals surface area contributed by atoms with Crippen molar-refractivity contribution in [1.82, 2.24) is 9.78 Å². The molecule has 108 valence electrons. The molecule has 0 aliphatic rings. The van der Waals surface area contributed by atoms with E-state index in [1.807, 2.05) is 38.1 Å². The minimum absolute atomic E-state index is 0.127. The molecule has 0 amide bonds. The summed E-state index contributed by atoms with van der Waals surface area (Å²) in [4.78, 5) is 0. The maximum Gasteiger partial charge on any atom is 0.123 e. The van der Waals surface area contributed by atoms with Crippen LogP contribution < -0.4 is 0 Å². The maximum atomic E-state index is 10.7. The summed E-state index contributed by atoms with van der Waals surface area (Å²) < 4.78 is 6.92. The van der Waals surface area contributed by atoms with Gasteiger partial charge in [0.15, 0.2) is 0 Å². The predicted molar refractivity (Wildman–Crippen MR) is 78.8 cm³/mol. The highest BCUT2D eigenvalue weighted by molar-refractivity contribution is 6.31. The van der Waals surface area contributed by atoms with Crippen LogP contribution in [0.4, 0.5) is 0 Å². The molecule has 0 aliphatic heterocycles. The van der Waals surface area contributed by atoms with Crippen molar-refractivity contribution in [3.05, 3.63) is 52.3 Å². The topological polar surface area (TPSA) is 47.3 Å². The van der Waals surface area contributed by atoms with E-state index < -0.39 is 6.10 Å². The summed E-state index contributed by atoms with van der Waals surface area (Å²) in [5, 5.41) is 15.4. The van der Waals surface area contributed by atoms with Crippen molar-refractivity contribution in [3.8, 4) is 0 Å². The summed E-state index contributed by atoms with van der Waals surface area (Å²) in [5.74, 6) is 0. The van der Waals surface area contributed by atoms with Crippen molar-refractivity contribution in [2.75, 3.05) is 7.11 Å². The first-order valence-electron chi connectivity index (χ1n) is 6.54. The van der Waals surface area contributed by atoms with E-state index in [0.29, 0.717) is 17.3 Å². The Balaban J connectivity index is 2.46. The quantitative estimate of drug-likeness (QED) is 0.920. The summed E-state index contributed by atoms with van der Waals surface area (Å²) in [6.45, 7) is 4.45. The van der Waals surface area contributed by atoms with E-state index in [1.54, 1.807) is 18.0 Å². The van der Waals surface area contributed by atoms with Crippen molar-refractivity contribution in [2.24, 2.45) is 0 Å². The predicted octanol–water partition coefficient (Wildman–Crippen LogP) is 3.35. The van der Waals surface area contributed by atoms with Crippen LogP contribution in [0.25, 0.3) is 0 Å². The number of rotatable bonds is 5. The molecule has 1 aromatic heterocycles. The molecule has 0 saturated heterocycles. The van der Waals surface area contributed by atoms with Crippen molar-refractivity contribution >= 4 is 11.6 Å². The fraction of sp³-hybridized carbons (Fsp3) is 0.400. The van der Waals surface area contributed by atoms with Crippen molar-refractivity contribution in [2.45, 2.75) is 32.6 Å². The largest absolute Gasteiger partial charge is 0.382 e. The Morgan fingerprint density at radius 2 is 2.05 bits per heavy atom. The normalized spacial score (nSPS) is 12.9. The van der Waals surface area contributed by atoms with Crippen molar-refractivity contribution in [3.63, 3.8) is 0 Å². The van der Waals surface area contributed by atoms with Crippen LogP contribution in [0.3, 0.4) is 0 Å². The van der Waals surface area contributed by atoms with Gasteiger partial charge in [-0.2, -0.15) is 5.10 Å². The molecule has 0 bridgehead atoms. The molecule has 4 nitrogen and oxygen atoms in total. The van der Waals surface area contributed by atoms with Gasteiger partial charge < -0.3 is 9.84 Å². The zero-order valence-corrected chi connectivity index (χ0v) is 12.6. The molecule has 1 N–H and O–H groups in total. The van der Waals surface area contributed by atoms with E-state index >= 15 is 0 Å². The van der Waals surface area contributed by atoms with Crippen LogP contribution in [-0.4, -0.2) is 22.0 Å². The van der Waals surface area contributed by atoms with E-state index in [1.165, 1.54) is 0 Å². The molecule has 0 radical (unpaired) electrons. The molecule has 1 heterocycles. The molecule has 0 saturated carbocycles. The molecule has 1 unspecified atom stereocenters. The Morgan fingerprint density at radius 1 is 1.35 bits per heavy atom. The van der Waals surface area contributed by atoms with Crippen molar-refractivity contribution in [1.29, 1.82) is 0 Å². The van der Waals surface area contributed by atoms with Crippen LogP contribution in [-0.2, 0) is 11.3 Å². The monoisotopic (exact) mass is 294 g/mol. The third-order valence-corrected chi connectivity index (χ3v) is 3.48. The number of aliphatic hydroxyl groups excluding tert-OH is 1. The molecule has 0 aliphatic carbocycles. The Labute approximate surface area is 123 Å². The summed E-state index contributed by atoms with van der Waals surface area (Å²) in [7, 11) is 1.63. The number of hydrogen-bond acceptors (Lipinski definition) is 3. The van der Waals surface area contributed by atoms with Gasteiger partial charge in [-0.3, -0.25) is 4.68 Å². The van der Waals surface area contributed by atoms with Crippen LogP contribution in [0.15, 0.2) is 30.5 Å². The molecule has 1 atom stereocenters. The number of hydrogen-bond donors (Lipinski definition) is 1. The van der Waals surface area contributed by atoms with Gasteiger partial charge in [0.05, 0.1) is 23.5 Å². The molecule has 2 rings (SSSR count). The van der Waals surface area contributed by atoms with E-state index in [2.05, 4.69) is 5.10 Å². The second-order valence-electron chi connectivity index (χ2n) is 4.95. The minimum atomic E-state index is -0.821. The summed E-state index contributed by atoms with van der Waals surface area (Å²) in [6, 6.07) is 7.76. The number of aromatic nitrogens is 2. The second-order valence-corrected chi connectivity index (χ2v) is 5.36. The fourth-order valence-corrected chi connectivity index (χ4v) is 2.49. The van der Waals surface area contributed by atoms with Gasteiger partial charge in [-0.05, 0) is 25.0 Å². The van der Waals surface area contributed by atoms with E-state index in [4.69, 9.17) is 16.3 Å². The average molecular weight is 295 g/mol. The summed E-state index contributed by atoms with van der Waals surface area (Å²) in [6.07, 6.45) is 0.748. The molecule has 0 fully saturated rings. The first-order chi connectivity index (χ1) is 9.56. The highest BCUT2D eigenvalue weighted by Crippen LogP contribution is 2.31. The van der Waals surface area contributed by atoms with Gasteiger partial charge in [-0.15, -0.1) is 0 Å². The first-order valence-corrected chi connectivity index (χ1v) is 6.91. The minimum Gasteiger partial charge on any atom is -0.382 e. The molecule has 20 heavy (non-hydrogen) atoms. The Morgan fingerprint density at radius 3 is 2.70 bits per heavy atom. The SMILES string of the molecule is COCc1ccccc1C(O)c1c(Cl)cnn1C(C)C. The Hall–Kier alpha value is -1.36. The lowest BCUT2D eigenvalue weighted by atomic mass is 10.0. The number of halogens is 1. The number of methoxy groups -OCH3 is 1. The standard InChI is InChI=1S/C15H19ClN2O2/c1-10(2)18-14(13(16)8-17-18)15(19)12-7-5-4-6-11(12)9-20-3/h4-8,10,15,19H,9H2,1-3H3. The molecule has 5 heteroatoms. The van der Waals surface area contributed by atoms with Gasteiger partial charge in [0.2, 0.25) is 0 Å². The highest BCUT2D eigenvalue weighted by atomic mass is 35.5. The molecular formula is C15H19ClN2O2. The molecular weight excluding hydrogens is 276 g/mol. The number of ether oxygens (including phenoxy) is 1. The summed E-state index contributed by atoms with van der Waals surface area (Å²) in [5.41, 5.74) is 2.35. The van der Waals surface area contributed by atoms with Gasteiger partial charge in [0.25, 0.3) is 0 Å². The van der Waals surface area contributed by atoms with E-state index in [0.717, 1.165) is 11.1 Å². The number of nitrogens with zero attached hydrogens (tertiary/aromatic N) is 2.